The maximum absolute atomic E-state index is 9.13. The van der Waals surface area contributed by atoms with Gasteiger partial charge in [-0.3, -0.25) is 0 Å². The van der Waals surface area contributed by atoms with Gasteiger partial charge in [-0.05, 0) is 42.3 Å². The van der Waals surface area contributed by atoms with E-state index in [0.717, 1.165) is 20.1 Å². The van der Waals surface area contributed by atoms with Crippen LogP contribution in [0.3, 0.4) is 0 Å². The van der Waals surface area contributed by atoms with Gasteiger partial charge in [0.2, 0.25) is 0 Å². The molecule has 2 aromatic rings. The second-order valence-corrected chi connectivity index (χ2v) is 6.02. The molecule has 2 aromatic carbocycles. The van der Waals surface area contributed by atoms with Crippen molar-refractivity contribution in [3.05, 3.63) is 68.6 Å². The van der Waals surface area contributed by atoms with Gasteiger partial charge in [0.25, 0.3) is 0 Å². The zero-order valence-electron chi connectivity index (χ0n) is 13.2. The Labute approximate surface area is 161 Å². The van der Waals surface area contributed by atoms with Crippen molar-refractivity contribution < 1.29 is 29.4 Å². The minimum Gasteiger partial charge on any atom is -0.392 e. The van der Waals surface area contributed by atoms with Gasteiger partial charge in [0.1, 0.15) is 0 Å². The van der Waals surface area contributed by atoms with Crippen LogP contribution in [0.25, 0.3) is 0 Å². The molecule has 1 unspecified atom stereocenters. The van der Waals surface area contributed by atoms with Crippen LogP contribution in [0.2, 0.25) is 0 Å². The monoisotopic (exact) mass is 474 g/mol. The van der Waals surface area contributed by atoms with Crippen molar-refractivity contribution in [1.82, 2.24) is 0 Å². The van der Waals surface area contributed by atoms with Crippen LogP contribution in [-0.2, 0) is 25.8 Å². The molecule has 0 bridgehead atoms. The van der Waals surface area contributed by atoms with Gasteiger partial charge in [-0.2, -0.15) is 19.2 Å². The lowest BCUT2D eigenvalue weighted by molar-refractivity contribution is -0.193. The molecule has 0 fully saturated rings. The molecule has 134 valence electrons. The van der Waals surface area contributed by atoms with E-state index in [1.807, 2.05) is 48.5 Å². The molecule has 6 nitrogen and oxygen atoms in total. The Morgan fingerprint density at radius 2 is 1.36 bits per heavy atom. The second-order valence-electron chi connectivity index (χ2n) is 4.19. The van der Waals surface area contributed by atoms with E-state index >= 15 is 0 Å². The van der Waals surface area contributed by atoms with Crippen molar-refractivity contribution in [1.29, 1.82) is 0 Å². The van der Waals surface area contributed by atoms with Crippen LogP contribution < -0.4 is 0 Å². The fourth-order valence-corrected chi connectivity index (χ4v) is 2.27. The van der Waals surface area contributed by atoms with Gasteiger partial charge in [0.15, 0.2) is 0 Å². The summed E-state index contributed by atoms with van der Waals surface area (Å²) in [6, 6.07) is 15.2. The predicted molar refractivity (Wildman–Crippen MR) is 94.9 cm³/mol. The quantitative estimate of drug-likeness (QED) is 0.689. The zero-order chi connectivity index (χ0) is 19.7. The van der Waals surface area contributed by atoms with E-state index in [0.29, 0.717) is 0 Å². The highest BCUT2D eigenvalue weighted by Gasteiger charge is 1.98. The molecular weight excluding hydrogens is 460 g/mol. The Kier molecular flexibility index (Phi) is 17.1. The van der Waals surface area contributed by atoms with Crippen molar-refractivity contribution in [2.45, 2.75) is 19.6 Å². The molecule has 0 saturated heterocycles. The first-order chi connectivity index (χ1) is 11.9. The summed E-state index contributed by atoms with van der Waals surface area (Å²) in [6.45, 7) is 1.86. The Hall–Kier alpha value is -1.92. The highest BCUT2D eigenvalue weighted by Crippen LogP contribution is 2.16. The third-order valence-electron chi connectivity index (χ3n) is 2.40. The molecule has 25 heavy (non-hydrogen) atoms. The van der Waals surface area contributed by atoms with E-state index in [1.54, 1.807) is 6.92 Å². The zero-order valence-corrected chi connectivity index (χ0v) is 16.4. The largest absolute Gasteiger partial charge is 0.392 e. The number of hydrogen-bond donors (Lipinski definition) is 2. The minimum atomic E-state index is -0.377. The smallest absolute Gasteiger partial charge is 0.373 e. The number of rotatable bonds is 2. The summed E-state index contributed by atoms with van der Waals surface area (Å²) in [7, 11) is 0. The Morgan fingerprint density at radius 3 is 1.64 bits per heavy atom. The maximum Gasteiger partial charge on any atom is 0.373 e. The van der Waals surface area contributed by atoms with Crippen molar-refractivity contribution >= 4 is 44.2 Å². The molecule has 0 aliphatic carbocycles. The number of aliphatic hydroxyl groups is 2. The van der Waals surface area contributed by atoms with E-state index in [4.69, 9.17) is 29.4 Å². The number of halogens is 2. The molecule has 0 amide bonds. The molecule has 0 radical (unpaired) electrons. The lowest BCUT2D eigenvalue weighted by Gasteiger charge is -2.02. The van der Waals surface area contributed by atoms with Gasteiger partial charge >= 0.3 is 12.3 Å². The number of aliphatic hydroxyl groups excluding tert-OH is 2. The summed E-state index contributed by atoms with van der Waals surface area (Å²) >= 11 is 6.61. The van der Waals surface area contributed by atoms with Gasteiger partial charge < -0.3 is 10.2 Å². The first kappa shape index (κ1) is 25.3. The summed E-state index contributed by atoms with van der Waals surface area (Å²) in [5.74, 6) is 0. The van der Waals surface area contributed by atoms with Gasteiger partial charge in [0, 0.05) is 8.95 Å². The Balaban J connectivity index is 0. The molecule has 0 aliphatic rings. The highest BCUT2D eigenvalue weighted by molar-refractivity contribution is 9.10. The van der Waals surface area contributed by atoms with E-state index in [-0.39, 0.29) is 25.0 Å². The molecule has 8 heteroatoms. The van der Waals surface area contributed by atoms with Crippen LogP contribution in [0.15, 0.2) is 57.5 Å². The summed E-state index contributed by atoms with van der Waals surface area (Å²) < 4.78 is 2.01. The first-order valence-corrected chi connectivity index (χ1v) is 8.22. The van der Waals surface area contributed by atoms with E-state index < -0.39 is 0 Å². The van der Waals surface area contributed by atoms with Gasteiger partial charge in [-0.1, -0.05) is 56.1 Å². The molecule has 2 N–H and O–H groups in total. The summed E-state index contributed by atoms with van der Waals surface area (Å²) in [6.07, 6.45) is 0.123. The average Bonchev–Trinajstić information content (AvgIpc) is 2.57. The van der Waals surface area contributed by atoms with Crippen molar-refractivity contribution in [2.75, 3.05) is 0 Å². The molecule has 0 spiro atoms. The number of carbonyl (C=O) groups excluding carboxylic acids is 4. The van der Waals surface area contributed by atoms with Crippen LogP contribution in [-0.4, -0.2) is 22.5 Å². The van der Waals surface area contributed by atoms with Crippen LogP contribution in [0.1, 0.15) is 24.2 Å². The standard InChI is InChI=1S/C8H9BrO.C7H7BrO.2CO2/c1-6(10)7-3-2-4-8(9)5-7;8-7-3-1-2-6(4-7)5-9;2*2-1-3/h2-6,10H,1H3;1-4,9H,5H2;;. The minimum absolute atomic E-state index is 0.111. The van der Waals surface area contributed by atoms with Crippen LogP contribution in [0, 0.1) is 0 Å². The lowest BCUT2D eigenvalue weighted by Crippen LogP contribution is -1.88. The summed E-state index contributed by atoms with van der Waals surface area (Å²) in [5.41, 5.74) is 1.87. The van der Waals surface area contributed by atoms with Crippen LogP contribution >= 0.6 is 31.9 Å². The van der Waals surface area contributed by atoms with Gasteiger partial charge in [-0.15, -0.1) is 0 Å². The van der Waals surface area contributed by atoms with Gasteiger partial charge in [-0.25, -0.2) is 0 Å². The van der Waals surface area contributed by atoms with Crippen LogP contribution in [0.5, 0.6) is 0 Å². The normalized spacial score (nSPS) is 9.32. The van der Waals surface area contributed by atoms with E-state index in [9.17, 15) is 0 Å². The fourth-order valence-electron chi connectivity index (χ4n) is 1.40. The maximum atomic E-state index is 9.13. The molecule has 0 aliphatic heterocycles. The highest BCUT2D eigenvalue weighted by atomic mass is 79.9. The molecule has 0 aromatic heterocycles. The molecule has 0 saturated carbocycles. The molecule has 0 heterocycles. The van der Waals surface area contributed by atoms with Crippen molar-refractivity contribution in [2.24, 2.45) is 0 Å². The lowest BCUT2D eigenvalue weighted by atomic mass is 10.1. The Bertz CT molecular complexity index is 664. The van der Waals surface area contributed by atoms with Crippen LogP contribution in [0.4, 0.5) is 0 Å². The van der Waals surface area contributed by atoms with Crippen molar-refractivity contribution in [3.63, 3.8) is 0 Å². The van der Waals surface area contributed by atoms with Gasteiger partial charge in [0.05, 0.1) is 12.7 Å². The van der Waals surface area contributed by atoms with E-state index in [2.05, 4.69) is 31.9 Å². The molecule has 1 atom stereocenters. The average molecular weight is 476 g/mol. The third-order valence-corrected chi connectivity index (χ3v) is 3.39. The molecule has 2 rings (SSSR count). The van der Waals surface area contributed by atoms with E-state index in [1.165, 1.54) is 0 Å². The second kappa shape index (κ2) is 16.9. The topological polar surface area (TPSA) is 109 Å². The first-order valence-electron chi connectivity index (χ1n) is 6.63. The summed E-state index contributed by atoms with van der Waals surface area (Å²) in [4.78, 5) is 32.5. The third kappa shape index (κ3) is 15.4. The van der Waals surface area contributed by atoms with Crippen molar-refractivity contribution in [3.8, 4) is 0 Å². The summed E-state index contributed by atoms with van der Waals surface area (Å²) in [5, 5.41) is 17.8. The predicted octanol–water partition coefficient (Wildman–Crippen LogP) is 3.28. The fraction of sp³-hybridized carbons (Fsp3) is 0.176. The SMILES string of the molecule is CC(O)c1cccc(Br)c1.O=C=O.O=C=O.OCc1cccc(Br)c1. The molecular formula is C17H16Br2O6. The number of hydrogen-bond acceptors (Lipinski definition) is 6. The Morgan fingerprint density at radius 1 is 0.920 bits per heavy atom. The number of benzene rings is 2.